The van der Waals surface area contributed by atoms with Gasteiger partial charge in [0, 0.05) is 17.0 Å². The van der Waals surface area contributed by atoms with E-state index in [-0.39, 0.29) is 10.3 Å². The van der Waals surface area contributed by atoms with Crippen LogP contribution in [0.5, 0.6) is 0 Å². The maximum Gasteiger partial charge on any atom is 0.240 e. The van der Waals surface area contributed by atoms with Crippen LogP contribution in [0.25, 0.3) is 0 Å². The van der Waals surface area contributed by atoms with Crippen LogP contribution < -0.4 is 9.62 Å². The molecule has 0 fully saturated rings. The van der Waals surface area contributed by atoms with Gasteiger partial charge in [-0.1, -0.05) is 31.5 Å². The molecule has 0 heterocycles. The van der Waals surface area contributed by atoms with Gasteiger partial charge in [0.1, 0.15) is 0 Å². The van der Waals surface area contributed by atoms with Crippen molar-refractivity contribution in [1.29, 1.82) is 0 Å². The van der Waals surface area contributed by atoms with Crippen LogP contribution >= 0.6 is 11.6 Å². The smallest absolute Gasteiger partial charge is 0.240 e. The summed E-state index contributed by atoms with van der Waals surface area (Å²) in [6.45, 7) is 5.36. The molecule has 108 valence electrons. The van der Waals surface area contributed by atoms with Gasteiger partial charge in [0.25, 0.3) is 0 Å². The molecule has 0 unspecified atom stereocenters. The Bertz CT molecular complexity index is 527. The Morgan fingerprint density at radius 2 is 1.95 bits per heavy atom. The SMILES string of the molecule is C[NH+](C)CC(C)(C)CNS(=O)(=O)c1cccc(Cl)c1. The summed E-state index contributed by atoms with van der Waals surface area (Å²) < 4.78 is 26.9. The van der Waals surface area contributed by atoms with E-state index >= 15 is 0 Å². The zero-order valence-corrected chi connectivity index (χ0v) is 13.4. The number of rotatable bonds is 6. The fourth-order valence-electron chi connectivity index (χ4n) is 2.03. The molecule has 6 heteroatoms. The molecule has 0 aliphatic heterocycles. The zero-order chi connectivity index (χ0) is 14.7. The average molecular weight is 306 g/mol. The van der Waals surface area contributed by atoms with E-state index in [0.717, 1.165) is 6.54 Å². The van der Waals surface area contributed by atoms with Crippen molar-refractivity contribution in [3.63, 3.8) is 0 Å². The standard InChI is InChI=1S/C13H21ClN2O2S/c1-13(2,10-16(3)4)9-15-19(17,18)12-7-5-6-11(14)8-12/h5-8,15H,9-10H2,1-4H3/p+1. The number of halogens is 1. The number of quaternary nitrogens is 1. The predicted octanol–water partition coefficient (Wildman–Crippen LogP) is 0.789. The summed E-state index contributed by atoms with van der Waals surface area (Å²) in [5.74, 6) is 0. The highest BCUT2D eigenvalue weighted by Gasteiger charge is 2.25. The van der Waals surface area contributed by atoms with Gasteiger partial charge in [-0.2, -0.15) is 0 Å². The molecular formula is C13H22ClN2O2S+. The van der Waals surface area contributed by atoms with Crippen LogP contribution in [0.2, 0.25) is 5.02 Å². The van der Waals surface area contributed by atoms with E-state index < -0.39 is 10.0 Å². The second-order valence-corrected chi connectivity index (χ2v) is 8.03. The summed E-state index contributed by atoms with van der Waals surface area (Å²) in [6.07, 6.45) is 0. The summed E-state index contributed by atoms with van der Waals surface area (Å²) in [5.41, 5.74) is -0.107. The normalized spacial score (nSPS) is 12.9. The molecule has 0 radical (unpaired) electrons. The second kappa shape index (κ2) is 6.22. The molecule has 4 nitrogen and oxygen atoms in total. The Labute approximate surface area is 120 Å². The number of sulfonamides is 1. The molecule has 0 aliphatic carbocycles. The van der Waals surface area contributed by atoms with Gasteiger partial charge in [0.05, 0.1) is 25.5 Å². The number of hydrogen-bond donors (Lipinski definition) is 2. The monoisotopic (exact) mass is 305 g/mol. The van der Waals surface area contributed by atoms with Crippen molar-refractivity contribution in [2.75, 3.05) is 27.2 Å². The van der Waals surface area contributed by atoms with Crippen molar-refractivity contribution in [1.82, 2.24) is 4.72 Å². The fraction of sp³-hybridized carbons (Fsp3) is 0.538. The molecule has 2 N–H and O–H groups in total. The molecule has 0 saturated carbocycles. The molecule has 1 aromatic rings. The molecular weight excluding hydrogens is 284 g/mol. The molecule has 0 bridgehead atoms. The topological polar surface area (TPSA) is 50.6 Å². The molecule has 1 rings (SSSR count). The first-order valence-corrected chi connectivity index (χ1v) is 8.03. The Kier molecular flexibility index (Phi) is 5.38. The number of nitrogens with one attached hydrogen (secondary N) is 2. The lowest BCUT2D eigenvalue weighted by Gasteiger charge is -2.26. The lowest BCUT2D eigenvalue weighted by Crippen LogP contribution is -3.07. The summed E-state index contributed by atoms with van der Waals surface area (Å²) in [5, 5.41) is 0.417. The third-order valence-corrected chi connectivity index (χ3v) is 4.31. The number of hydrogen-bond acceptors (Lipinski definition) is 2. The van der Waals surface area contributed by atoms with E-state index in [2.05, 4.69) is 4.72 Å². The summed E-state index contributed by atoms with van der Waals surface area (Å²) in [6, 6.07) is 6.28. The van der Waals surface area contributed by atoms with Gasteiger partial charge in [-0.25, -0.2) is 13.1 Å². The molecule has 0 atom stereocenters. The third kappa shape index (κ3) is 5.48. The minimum absolute atomic E-state index is 0.107. The van der Waals surface area contributed by atoms with Gasteiger partial charge < -0.3 is 4.90 Å². The van der Waals surface area contributed by atoms with Gasteiger partial charge >= 0.3 is 0 Å². The quantitative estimate of drug-likeness (QED) is 0.816. The van der Waals surface area contributed by atoms with E-state index in [4.69, 9.17) is 11.6 Å². The molecule has 0 spiro atoms. The largest absolute Gasteiger partial charge is 0.339 e. The van der Waals surface area contributed by atoms with E-state index in [1.807, 2.05) is 27.9 Å². The summed E-state index contributed by atoms with van der Waals surface area (Å²) in [4.78, 5) is 1.49. The van der Waals surface area contributed by atoms with E-state index in [1.54, 1.807) is 18.2 Å². The Morgan fingerprint density at radius 3 is 2.47 bits per heavy atom. The highest BCUT2D eigenvalue weighted by molar-refractivity contribution is 7.89. The molecule has 19 heavy (non-hydrogen) atoms. The van der Waals surface area contributed by atoms with E-state index in [9.17, 15) is 8.42 Å². The van der Waals surface area contributed by atoms with Crippen LogP contribution in [-0.4, -0.2) is 35.6 Å². The van der Waals surface area contributed by atoms with Crippen LogP contribution in [0.4, 0.5) is 0 Å². The lowest BCUT2D eigenvalue weighted by molar-refractivity contribution is -0.865. The van der Waals surface area contributed by atoms with Crippen molar-refractivity contribution >= 4 is 21.6 Å². The van der Waals surface area contributed by atoms with Gasteiger partial charge in [0.15, 0.2) is 0 Å². The maximum atomic E-state index is 12.1. The van der Waals surface area contributed by atoms with E-state index in [1.165, 1.54) is 11.0 Å². The first-order chi connectivity index (χ1) is 8.62. The molecule has 1 aromatic carbocycles. The average Bonchev–Trinajstić information content (AvgIpc) is 2.25. The minimum Gasteiger partial charge on any atom is -0.339 e. The van der Waals surface area contributed by atoms with Crippen LogP contribution in [-0.2, 0) is 10.0 Å². The summed E-state index contributed by atoms with van der Waals surface area (Å²) in [7, 11) is 0.602. The highest BCUT2D eigenvalue weighted by Crippen LogP contribution is 2.17. The van der Waals surface area contributed by atoms with Crippen LogP contribution in [0, 0.1) is 5.41 Å². The molecule has 0 aliphatic rings. The van der Waals surface area contributed by atoms with Gasteiger partial charge in [0.2, 0.25) is 10.0 Å². The first-order valence-electron chi connectivity index (χ1n) is 6.17. The molecule has 0 amide bonds. The van der Waals surface area contributed by atoms with Crippen molar-refractivity contribution < 1.29 is 13.3 Å². The van der Waals surface area contributed by atoms with Crippen LogP contribution in [0.1, 0.15) is 13.8 Å². The highest BCUT2D eigenvalue weighted by atomic mass is 35.5. The first kappa shape index (κ1) is 16.4. The third-order valence-electron chi connectivity index (χ3n) is 2.68. The predicted molar refractivity (Wildman–Crippen MR) is 78.1 cm³/mol. The van der Waals surface area contributed by atoms with Gasteiger partial charge in [-0.15, -0.1) is 0 Å². The van der Waals surface area contributed by atoms with Gasteiger partial charge in [-0.3, -0.25) is 0 Å². The van der Waals surface area contributed by atoms with Gasteiger partial charge in [-0.05, 0) is 18.2 Å². The Balaban J connectivity index is 2.76. The van der Waals surface area contributed by atoms with Crippen LogP contribution in [0.3, 0.4) is 0 Å². The number of benzene rings is 1. The fourth-order valence-corrected chi connectivity index (χ4v) is 3.57. The molecule has 0 saturated heterocycles. The van der Waals surface area contributed by atoms with Crippen molar-refractivity contribution in [2.45, 2.75) is 18.7 Å². The minimum atomic E-state index is -3.50. The Morgan fingerprint density at radius 1 is 1.32 bits per heavy atom. The van der Waals surface area contributed by atoms with Crippen molar-refractivity contribution in [3.8, 4) is 0 Å². The lowest BCUT2D eigenvalue weighted by atomic mass is 9.93. The second-order valence-electron chi connectivity index (χ2n) is 5.83. The zero-order valence-electron chi connectivity index (χ0n) is 11.8. The maximum absolute atomic E-state index is 12.1. The summed E-state index contributed by atoms with van der Waals surface area (Å²) >= 11 is 5.81. The van der Waals surface area contributed by atoms with Crippen LogP contribution in [0.15, 0.2) is 29.2 Å². The van der Waals surface area contributed by atoms with Crippen molar-refractivity contribution in [2.24, 2.45) is 5.41 Å². The molecule has 0 aromatic heterocycles. The van der Waals surface area contributed by atoms with Crippen molar-refractivity contribution in [3.05, 3.63) is 29.3 Å². The van der Waals surface area contributed by atoms with E-state index in [0.29, 0.717) is 11.6 Å². The Hall–Kier alpha value is -0.620.